The molecule has 8 nitrogen and oxygen atoms in total. The monoisotopic (exact) mass is 435 g/mol. The summed E-state index contributed by atoms with van der Waals surface area (Å²) in [7, 11) is 3.44. The van der Waals surface area contributed by atoms with Gasteiger partial charge in [0.2, 0.25) is 0 Å². The number of benzene rings is 1. The molecule has 2 saturated heterocycles. The summed E-state index contributed by atoms with van der Waals surface area (Å²) in [5.41, 5.74) is 1.26. The Kier molecular flexibility index (Phi) is 14.9. The second-order valence-corrected chi connectivity index (χ2v) is 6.88. The zero-order valence-corrected chi connectivity index (χ0v) is 17.9. The molecule has 0 amide bonds. The molecule has 0 aliphatic carbocycles. The molecule has 2 atom stereocenters. The third-order valence-corrected chi connectivity index (χ3v) is 4.32. The summed E-state index contributed by atoms with van der Waals surface area (Å²) < 4.78 is 30.4. The molecule has 0 spiro atoms. The number of aryl methyl sites for hydroxylation is 1. The number of carboxylic acid groups (broad SMARTS) is 1. The maximum atomic E-state index is 12.7. The number of carbonyl (C=O) groups is 1. The van der Waals surface area contributed by atoms with E-state index in [0.717, 1.165) is 25.3 Å². The Hall–Kier alpha value is -1.85. The number of aliphatic hydroxyl groups excluding tert-OH is 2. The summed E-state index contributed by atoms with van der Waals surface area (Å²) in [4.78, 5) is 9.92. The zero-order valence-electron chi connectivity index (χ0n) is 17.9. The first-order valence-corrected chi connectivity index (χ1v) is 9.70. The van der Waals surface area contributed by atoms with E-state index >= 15 is 0 Å². The first-order valence-electron chi connectivity index (χ1n) is 9.70. The van der Waals surface area contributed by atoms with Crippen LogP contribution in [0.3, 0.4) is 0 Å². The molecule has 0 aromatic heterocycles. The number of likely N-dealkylation sites (N-methyl/N-ethyl adjacent to an activating group) is 1. The Morgan fingerprint density at radius 3 is 2.27 bits per heavy atom. The van der Waals surface area contributed by atoms with Gasteiger partial charge in [0.25, 0.3) is 12.4 Å². The minimum atomic E-state index is -2.92. The fourth-order valence-electron chi connectivity index (χ4n) is 2.60. The van der Waals surface area contributed by atoms with Crippen LogP contribution in [0.25, 0.3) is 0 Å². The van der Waals surface area contributed by atoms with Crippen LogP contribution in [-0.4, -0.2) is 98.2 Å². The standard InChI is InChI=1S/C8H10O.C7H14F2N2O.C4H9NO.CH2O2/c1-7-3-5-8(9-2)6-4-7;1-10-2-3-11-4-6(12)7(8,9)5-11;6-4-1-2-5-3-4;2-1-3/h3-6H,1-2H3;6,10,12H,2-5H2,1H3;4-6H,1-3H2;1H,(H,2,3). The van der Waals surface area contributed by atoms with E-state index in [-0.39, 0.29) is 25.7 Å². The number of β-amino-alcohol motifs (C(OH)–C–C–N with tert-alkyl or cyclic N) is 2. The highest BCUT2D eigenvalue weighted by atomic mass is 19.3. The Bertz CT molecular complexity index is 558. The van der Waals surface area contributed by atoms with E-state index < -0.39 is 12.0 Å². The fraction of sp³-hybridized carbons (Fsp3) is 0.650. The van der Waals surface area contributed by atoms with Crippen molar-refractivity contribution in [2.75, 3.05) is 53.4 Å². The molecule has 174 valence electrons. The predicted molar refractivity (Wildman–Crippen MR) is 111 cm³/mol. The lowest BCUT2D eigenvalue weighted by molar-refractivity contribution is -0.122. The van der Waals surface area contributed by atoms with Gasteiger partial charge in [0.05, 0.1) is 19.8 Å². The fourth-order valence-corrected chi connectivity index (χ4v) is 2.60. The molecule has 0 saturated carbocycles. The molecule has 5 N–H and O–H groups in total. The molecule has 0 radical (unpaired) electrons. The van der Waals surface area contributed by atoms with Gasteiger partial charge in [0.1, 0.15) is 11.9 Å². The number of hydrogen-bond acceptors (Lipinski definition) is 7. The van der Waals surface area contributed by atoms with Gasteiger partial charge >= 0.3 is 0 Å². The first kappa shape index (κ1) is 28.1. The van der Waals surface area contributed by atoms with Crippen LogP contribution in [0, 0.1) is 6.92 Å². The maximum absolute atomic E-state index is 12.7. The van der Waals surface area contributed by atoms with Crippen LogP contribution in [0.1, 0.15) is 12.0 Å². The van der Waals surface area contributed by atoms with Crippen molar-refractivity contribution < 1.29 is 33.6 Å². The Morgan fingerprint density at radius 1 is 1.33 bits per heavy atom. The lowest BCUT2D eigenvalue weighted by Crippen LogP contribution is -2.32. The van der Waals surface area contributed by atoms with Crippen molar-refractivity contribution in [1.82, 2.24) is 15.5 Å². The van der Waals surface area contributed by atoms with Gasteiger partial charge < -0.3 is 30.7 Å². The average Bonchev–Trinajstić information content (AvgIpc) is 3.28. The molecule has 3 rings (SSSR count). The third-order valence-electron chi connectivity index (χ3n) is 4.32. The summed E-state index contributed by atoms with van der Waals surface area (Å²) in [5.74, 6) is -2.01. The summed E-state index contributed by atoms with van der Waals surface area (Å²) in [6.07, 6.45) is -0.626. The molecule has 2 unspecified atom stereocenters. The highest BCUT2D eigenvalue weighted by Crippen LogP contribution is 2.26. The quantitative estimate of drug-likeness (QED) is 0.436. The van der Waals surface area contributed by atoms with Gasteiger partial charge in [-0.1, -0.05) is 17.7 Å². The highest BCUT2D eigenvalue weighted by molar-refractivity contribution is 5.32. The minimum Gasteiger partial charge on any atom is -0.497 e. The van der Waals surface area contributed by atoms with Gasteiger partial charge in [0, 0.05) is 26.2 Å². The van der Waals surface area contributed by atoms with Crippen molar-refractivity contribution >= 4 is 6.47 Å². The molecule has 2 aliphatic heterocycles. The van der Waals surface area contributed by atoms with Crippen molar-refractivity contribution in [2.45, 2.75) is 31.5 Å². The lowest BCUT2D eigenvalue weighted by Gasteiger charge is -2.13. The molecule has 2 fully saturated rings. The van der Waals surface area contributed by atoms with Gasteiger partial charge in [-0.25, -0.2) is 8.78 Å². The van der Waals surface area contributed by atoms with Crippen LogP contribution < -0.4 is 15.4 Å². The Morgan fingerprint density at radius 2 is 1.93 bits per heavy atom. The molecule has 0 bridgehead atoms. The average molecular weight is 436 g/mol. The van der Waals surface area contributed by atoms with Gasteiger partial charge in [0.15, 0.2) is 0 Å². The van der Waals surface area contributed by atoms with Gasteiger partial charge in [-0.3, -0.25) is 9.69 Å². The van der Waals surface area contributed by atoms with Crippen molar-refractivity contribution in [3.63, 3.8) is 0 Å². The third kappa shape index (κ3) is 12.7. The lowest BCUT2D eigenvalue weighted by atomic mass is 10.2. The number of nitrogens with one attached hydrogen (secondary N) is 2. The number of aliphatic hydroxyl groups is 2. The summed E-state index contributed by atoms with van der Waals surface area (Å²) in [6.45, 7) is 4.57. The van der Waals surface area contributed by atoms with Crippen LogP contribution in [0.2, 0.25) is 0 Å². The van der Waals surface area contributed by atoms with Gasteiger partial charge in [-0.05, 0) is 39.1 Å². The van der Waals surface area contributed by atoms with E-state index in [0.29, 0.717) is 13.1 Å². The van der Waals surface area contributed by atoms with Gasteiger partial charge in [-0.2, -0.15) is 0 Å². The SMILES string of the molecule is CNCCN1CC(O)C(F)(F)C1.COc1ccc(C)cc1.O=CO.OC1CCNC1. The number of methoxy groups -OCH3 is 1. The van der Waals surface area contributed by atoms with Crippen LogP contribution in [0.5, 0.6) is 5.75 Å². The van der Waals surface area contributed by atoms with Crippen LogP contribution in [0.4, 0.5) is 8.78 Å². The molecule has 10 heteroatoms. The Labute approximate surface area is 176 Å². The largest absolute Gasteiger partial charge is 0.497 e. The van der Waals surface area contributed by atoms with Crippen LogP contribution >= 0.6 is 0 Å². The topological polar surface area (TPSA) is 114 Å². The van der Waals surface area contributed by atoms with Gasteiger partial charge in [-0.15, -0.1) is 0 Å². The van der Waals surface area contributed by atoms with Crippen LogP contribution in [0.15, 0.2) is 24.3 Å². The molecule has 1 aromatic rings. The molecule has 2 aliphatic rings. The summed E-state index contributed by atoms with van der Waals surface area (Å²) >= 11 is 0. The number of rotatable bonds is 4. The number of hydrogen-bond donors (Lipinski definition) is 5. The zero-order chi connectivity index (χ0) is 23.0. The van der Waals surface area contributed by atoms with Crippen molar-refractivity contribution in [1.29, 1.82) is 0 Å². The van der Waals surface area contributed by atoms with E-state index in [4.69, 9.17) is 24.9 Å². The van der Waals surface area contributed by atoms with E-state index in [9.17, 15) is 8.78 Å². The van der Waals surface area contributed by atoms with E-state index in [1.165, 1.54) is 5.56 Å². The van der Waals surface area contributed by atoms with Crippen molar-refractivity contribution in [3.8, 4) is 5.75 Å². The summed E-state index contributed by atoms with van der Waals surface area (Å²) in [5, 5.41) is 30.4. The molecule has 1 aromatic carbocycles. The smallest absolute Gasteiger partial charge is 0.290 e. The molecular formula is C20H35F2N3O5. The predicted octanol–water partition coefficient (Wildman–Crippen LogP) is 0.563. The second-order valence-electron chi connectivity index (χ2n) is 6.88. The van der Waals surface area contributed by atoms with E-state index in [2.05, 4.69) is 17.6 Å². The molecular weight excluding hydrogens is 400 g/mol. The number of ether oxygens (including phenoxy) is 1. The molecule has 30 heavy (non-hydrogen) atoms. The van der Waals surface area contributed by atoms with E-state index in [1.54, 1.807) is 19.1 Å². The number of nitrogens with zero attached hydrogens (tertiary/aromatic N) is 1. The first-order chi connectivity index (χ1) is 14.2. The summed E-state index contributed by atoms with van der Waals surface area (Å²) in [6, 6.07) is 7.96. The maximum Gasteiger partial charge on any atom is 0.290 e. The Balaban J connectivity index is 0.000000412. The van der Waals surface area contributed by atoms with E-state index in [1.807, 2.05) is 24.3 Å². The molecule has 2 heterocycles. The normalized spacial score (nSPS) is 21.8. The van der Waals surface area contributed by atoms with Crippen molar-refractivity contribution in [3.05, 3.63) is 29.8 Å². The van der Waals surface area contributed by atoms with Crippen molar-refractivity contribution in [2.24, 2.45) is 0 Å². The van der Waals surface area contributed by atoms with Crippen LogP contribution in [-0.2, 0) is 4.79 Å². The number of likely N-dealkylation sites (tertiary alicyclic amines) is 1. The highest BCUT2D eigenvalue weighted by Gasteiger charge is 2.46. The second kappa shape index (κ2) is 15.9. The number of halogens is 2. The minimum absolute atomic E-state index is 0.0648. The number of alkyl halides is 2.